The molecule has 0 bridgehead atoms. The fourth-order valence-electron chi connectivity index (χ4n) is 1.27. The lowest BCUT2D eigenvalue weighted by Gasteiger charge is -2.07. The minimum absolute atomic E-state index is 0.542. The Morgan fingerprint density at radius 1 is 1.46 bits per heavy atom. The molecule has 2 nitrogen and oxygen atoms in total. The average Bonchev–Trinajstić information content (AvgIpc) is 2.19. The molecule has 2 N–H and O–H groups in total. The van der Waals surface area contributed by atoms with E-state index in [1.165, 1.54) is 5.56 Å². The van der Waals surface area contributed by atoms with Crippen LogP contribution in [0, 0.1) is 0 Å². The van der Waals surface area contributed by atoms with Crippen molar-refractivity contribution in [2.24, 2.45) is 5.73 Å². The van der Waals surface area contributed by atoms with Crippen molar-refractivity contribution in [2.75, 3.05) is 7.11 Å². The second kappa shape index (κ2) is 4.67. The second-order valence-corrected chi connectivity index (χ2v) is 2.83. The van der Waals surface area contributed by atoms with Crippen LogP contribution < -0.4 is 10.5 Å². The molecule has 1 aromatic carbocycles. The first-order valence-corrected chi connectivity index (χ1v) is 4.28. The molecule has 0 unspecified atom stereocenters. The van der Waals surface area contributed by atoms with Gasteiger partial charge in [0.2, 0.25) is 0 Å². The van der Waals surface area contributed by atoms with Gasteiger partial charge in [-0.2, -0.15) is 0 Å². The summed E-state index contributed by atoms with van der Waals surface area (Å²) in [6.07, 6.45) is 2.73. The summed E-state index contributed by atoms with van der Waals surface area (Å²) < 4.78 is 5.11. The van der Waals surface area contributed by atoms with Crippen LogP contribution in [-0.4, -0.2) is 7.11 Å². The highest BCUT2D eigenvalue weighted by Crippen LogP contribution is 2.17. The topological polar surface area (TPSA) is 35.2 Å². The van der Waals surface area contributed by atoms with Crippen molar-refractivity contribution in [1.82, 2.24) is 0 Å². The van der Waals surface area contributed by atoms with E-state index in [4.69, 9.17) is 10.5 Å². The van der Waals surface area contributed by atoms with Crippen LogP contribution in [0.25, 0.3) is 0 Å². The molecule has 0 aliphatic heterocycles. The van der Waals surface area contributed by atoms with Gasteiger partial charge in [0.05, 0.1) is 7.11 Å². The SMILES string of the molecule is C=CCc1ccc(OC)cc1CN. The number of hydrogen-bond donors (Lipinski definition) is 1. The molecular weight excluding hydrogens is 162 g/mol. The summed E-state index contributed by atoms with van der Waals surface area (Å²) in [5.74, 6) is 0.855. The van der Waals surface area contributed by atoms with Crippen molar-refractivity contribution in [3.63, 3.8) is 0 Å². The van der Waals surface area contributed by atoms with Gasteiger partial charge >= 0.3 is 0 Å². The Morgan fingerprint density at radius 2 is 2.23 bits per heavy atom. The van der Waals surface area contributed by atoms with Gasteiger partial charge in [-0.05, 0) is 29.7 Å². The minimum atomic E-state index is 0.542. The van der Waals surface area contributed by atoms with Gasteiger partial charge in [-0.25, -0.2) is 0 Å². The number of allylic oxidation sites excluding steroid dienone is 1. The van der Waals surface area contributed by atoms with Crippen LogP contribution in [0.4, 0.5) is 0 Å². The third-order valence-corrected chi connectivity index (χ3v) is 2.00. The van der Waals surface area contributed by atoms with Crippen LogP contribution in [0.1, 0.15) is 11.1 Å². The van der Waals surface area contributed by atoms with E-state index in [2.05, 4.69) is 6.58 Å². The Labute approximate surface area is 79.0 Å². The highest BCUT2D eigenvalue weighted by Gasteiger charge is 2.00. The standard InChI is InChI=1S/C11H15NO/c1-3-4-9-5-6-11(13-2)7-10(9)8-12/h3,5-7H,1,4,8,12H2,2H3. The molecule has 0 aliphatic carbocycles. The first-order chi connectivity index (χ1) is 6.31. The zero-order valence-electron chi connectivity index (χ0n) is 7.92. The van der Waals surface area contributed by atoms with Gasteiger partial charge in [0.25, 0.3) is 0 Å². The molecular formula is C11H15NO. The number of hydrogen-bond acceptors (Lipinski definition) is 2. The maximum Gasteiger partial charge on any atom is 0.119 e. The molecule has 0 atom stereocenters. The Balaban J connectivity index is 3.00. The molecule has 0 heterocycles. The number of benzene rings is 1. The quantitative estimate of drug-likeness (QED) is 0.713. The third-order valence-electron chi connectivity index (χ3n) is 2.00. The Bertz CT molecular complexity index is 294. The molecule has 0 aromatic heterocycles. The zero-order valence-corrected chi connectivity index (χ0v) is 7.92. The Kier molecular flexibility index (Phi) is 3.53. The van der Waals surface area contributed by atoms with Crippen LogP contribution >= 0.6 is 0 Å². The van der Waals surface area contributed by atoms with Crippen molar-refractivity contribution < 1.29 is 4.74 Å². The van der Waals surface area contributed by atoms with E-state index in [-0.39, 0.29) is 0 Å². The van der Waals surface area contributed by atoms with E-state index in [0.717, 1.165) is 17.7 Å². The monoisotopic (exact) mass is 177 g/mol. The molecule has 0 fully saturated rings. The number of nitrogens with two attached hydrogens (primary N) is 1. The van der Waals surface area contributed by atoms with Crippen LogP contribution in [0.3, 0.4) is 0 Å². The highest BCUT2D eigenvalue weighted by atomic mass is 16.5. The van der Waals surface area contributed by atoms with Gasteiger partial charge in [-0.15, -0.1) is 6.58 Å². The van der Waals surface area contributed by atoms with Crippen LogP contribution in [0.15, 0.2) is 30.9 Å². The Hall–Kier alpha value is -1.28. The van der Waals surface area contributed by atoms with E-state index >= 15 is 0 Å². The predicted octanol–water partition coefficient (Wildman–Crippen LogP) is 1.88. The fraction of sp³-hybridized carbons (Fsp3) is 0.273. The van der Waals surface area contributed by atoms with Crippen LogP contribution in [0.5, 0.6) is 5.75 Å². The summed E-state index contributed by atoms with van der Waals surface area (Å²) in [6, 6.07) is 5.94. The van der Waals surface area contributed by atoms with E-state index in [0.29, 0.717) is 6.54 Å². The molecule has 70 valence electrons. The van der Waals surface area contributed by atoms with Crippen molar-refractivity contribution in [3.05, 3.63) is 42.0 Å². The van der Waals surface area contributed by atoms with Crippen molar-refractivity contribution in [1.29, 1.82) is 0 Å². The average molecular weight is 177 g/mol. The third kappa shape index (κ3) is 2.33. The minimum Gasteiger partial charge on any atom is -0.497 e. The molecule has 0 aliphatic rings. The van der Waals surface area contributed by atoms with Crippen LogP contribution in [-0.2, 0) is 13.0 Å². The molecule has 0 amide bonds. The summed E-state index contributed by atoms with van der Waals surface area (Å²) in [5, 5.41) is 0. The van der Waals surface area contributed by atoms with Crippen molar-refractivity contribution in [2.45, 2.75) is 13.0 Å². The van der Waals surface area contributed by atoms with Crippen molar-refractivity contribution in [3.8, 4) is 5.75 Å². The van der Waals surface area contributed by atoms with Gasteiger partial charge in [0.1, 0.15) is 5.75 Å². The lowest BCUT2D eigenvalue weighted by molar-refractivity contribution is 0.414. The molecule has 1 aromatic rings. The molecule has 0 saturated carbocycles. The van der Waals surface area contributed by atoms with Crippen LogP contribution in [0.2, 0.25) is 0 Å². The van der Waals surface area contributed by atoms with Gasteiger partial charge < -0.3 is 10.5 Å². The first-order valence-electron chi connectivity index (χ1n) is 4.28. The summed E-state index contributed by atoms with van der Waals surface area (Å²) in [5.41, 5.74) is 7.96. The van der Waals surface area contributed by atoms with Gasteiger partial charge in [-0.1, -0.05) is 12.1 Å². The molecule has 0 spiro atoms. The van der Waals surface area contributed by atoms with E-state index in [1.807, 2.05) is 24.3 Å². The fourth-order valence-corrected chi connectivity index (χ4v) is 1.27. The number of rotatable bonds is 4. The maximum atomic E-state index is 5.61. The van der Waals surface area contributed by atoms with Gasteiger partial charge in [0, 0.05) is 6.54 Å². The molecule has 0 radical (unpaired) electrons. The highest BCUT2D eigenvalue weighted by molar-refractivity contribution is 5.36. The van der Waals surface area contributed by atoms with E-state index in [1.54, 1.807) is 7.11 Å². The summed E-state index contributed by atoms with van der Waals surface area (Å²) >= 11 is 0. The van der Waals surface area contributed by atoms with Crippen molar-refractivity contribution >= 4 is 0 Å². The number of ether oxygens (including phenoxy) is 1. The largest absolute Gasteiger partial charge is 0.497 e. The van der Waals surface area contributed by atoms with Gasteiger partial charge in [-0.3, -0.25) is 0 Å². The first kappa shape index (κ1) is 9.81. The van der Waals surface area contributed by atoms with Gasteiger partial charge in [0.15, 0.2) is 0 Å². The molecule has 2 heteroatoms. The second-order valence-electron chi connectivity index (χ2n) is 2.83. The Morgan fingerprint density at radius 3 is 2.77 bits per heavy atom. The lowest BCUT2D eigenvalue weighted by Crippen LogP contribution is -2.01. The smallest absolute Gasteiger partial charge is 0.119 e. The van der Waals surface area contributed by atoms with E-state index in [9.17, 15) is 0 Å². The summed E-state index contributed by atoms with van der Waals surface area (Å²) in [6.45, 7) is 4.24. The maximum absolute atomic E-state index is 5.61. The predicted molar refractivity (Wildman–Crippen MR) is 54.8 cm³/mol. The normalized spacial score (nSPS) is 9.69. The molecule has 0 saturated heterocycles. The summed E-state index contributed by atoms with van der Waals surface area (Å²) in [4.78, 5) is 0. The molecule has 13 heavy (non-hydrogen) atoms. The number of methoxy groups -OCH3 is 1. The molecule has 1 rings (SSSR count). The zero-order chi connectivity index (χ0) is 9.68. The van der Waals surface area contributed by atoms with E-state index < -0.39 is 0 Å². The summed E-state index contributed by atoms with van der Waals surface area (Å²) in [7, 11) is 1.66. The lowest BCUT2D eigenvalue weighted by atomic mass is 10.0.